The lowest BCUT2D eigenvalue weighted by molar-refractivity contribution is -0.137. The Bertz CT molecular complexity index is 788. The average molecular weight is 372 g/mol. The van der Waals surface area contributed by atoms with Crippen LogP contribution in [0.25, 0.3) is 0 Å². The van der Waals surface area contributed by atoms with E-state index in [1.807, 2.05) is 31.2 Å². The summed E-state index contributed by atoms with van der Waals surface area (Å²) >= 11 is 5.87. The van der Waals surface area contributed by atoms with E-state index in [2.05, 4.69) is 34.7 Å². The molecule has 0 heterocycles. The zero-order chi connectivity index (χ0) is 18.9. The number of azo groups is 1. The van der Waals surface area contributed by atoms with Gasteiger partial charge in [-0.2, -0.15) is 10.2 Å². The van der Waals surface area contributed by atoms with Crippen molar-refractivity contribution in [1.82, 2.24) is 0 Å². The van der Waals surface area contributed by atoms with E-state index in [0.717, 1.165) is 29.2 Å². The lowest BCUT2D eigenvalue weighted by atomic mass is 10.1. The Morgan fingerprint density at radius 1 is 1.23 bits per heavy atom. The first-order chi connectivity index (χ1) is 12.5. The van der Waals surface area contributed by atoms with E-state index in [1.165, 1.54) is 6.08 Å². The van der Waals surface area contributed by atoms with Gasteiger partial charge in [0.15, 0.2) is 0 Å². The third-order valence-corrected chi connectivity index (χ3v) is 4.05. The molecule has 0 aliphatic carbocycles. The van der Waals surface area contributed by atoms with Gasteiger partial charge in [-0.3, -0.25) is 0 Å². The molecular formula is C20H22ClN3O2. The van der Waals surface area contributed by atoms with Gasteiger partial charge in [-0.05, 0) is 61.9 Å². The summed E-state index contributed by atoms with van der Waals surface area (Å²) in [6.07, 6.45) is 1.17. The van der Waals surface area contributed by atoms with E-state index in [4.69, 9.17) is 16.3 Å². The summed E-state index contributed by atoms with van der Waals surface area (Å²) in [5, 5.41) is 9.22. The molecule has 0 saturated carbocycles. The number of halogens is 1. The molecule has 2 aromatic rings. The summed E-state index contributed by atoms with van der Waals surface area (Å²) in [6, 6.07) is 13.2. The van der Waals surface area contributed by atoms with Crippen LogP contribution in [0.1, 0.15) is 12.5 Å². The van der Waals surface area contributed by atoms with Crippen LogP contribution in [0.2, 0.25) is 5.02 Å². The van der Waals surface area contributed by atoms with Crippen molar-refractivity contribution in [2.75, 3.05) is 24.6 Å². The minimum absolute atomic E-state index is 0.315. The van der Waals surface area contributed by atoms with Gasteiger partial charge < -0.3 is 9.64 Å². The normalized spacial score (nSPS) is 10.7. The Kier molecular flexibility index (Phi) is 7.36. The smallest absolute Gasteiger partial charge is 0.330 e. The molecule has 2 rings (SSSR count). The molecule has 0 aliphatic heterocycles. The van der Waals surface area contributed by atoms with Crippen molar-refractivity contribution in [2.45, 2.75) is 13.8 Å². The number of rotatable bonds is 8. The van der Waals surface area contributed by atoms with E-state index < -0.39 is 5.97 Å². The van der Waals surface area contributed by atoms with Crippen molar-refractivity contribution in [3.8, 4) is 0 Å². The van der Waals surface area contributed by atoms with Crippen molar-refractivity contribution in [3.63, 3.8) is 0 Å². The Morgan fingerprint density at radius 2 is 1.96 bits per heavy atom. The van der Waals surface area contributed by atoms with Gasteiger partial charge >= 0.3 is 5.97 Å². The third-order valence-electron chi connectivity index (χ3n) is 3.80. The van der Waals surface area contributed by atoms with Crippen LogP contribution in [0.15, 0.2) is 65.3 Å². The molecule has 0 aliphatic rings. The minimum Gasteiger partial charge on any atom is -0.461 e. The van der Waals surface area contributed by atoms with Crippen LogP contribution in [-0.4, -0.2) is 25.7 Å². The number of hydrogen-bond donors (Lipinski definition) is 0. The first-order valence-electron chi connectivity index (χ1n) is 8.35. The maximum atomic E-state index is 11.1. The summed E-state index contributed by atoms with van der Waals surface area (Å²) in [5.74, 6) is -0.407. The molecule has 0 N–H and O–H groups in total. The zero-order valence-electron chi connectivity index (χ0n) is 15.0. The Morgan fingerprint density at radius 3 is 2.58 bits per heavy atom. The lowest BCUT2D eigenvalue weighted by Gasteiger charge is -2.23. The van der Waals surface area contributed by atoms with Crippen molar-refractivity contribution in [2.24, 2.45) is 10.2 Å². The highest BCUT2D eigenvalue weighted by atomic mass is 35.5. The quantitative estimate of drug-likeness (QED) is 0.344. The van der Waals surface area contributed by atoms with Crippen LogP contribution in [0.4, 0.5) is 17.1 Å². The monoisotopic (exact) mass is 371 g/mol. The number of nitrogens with zero attached hydrogens (tertiary/aromatic N) is 3. The number of carbonyl (C=O) groups is 1. The second-order valence-corrected chi connectivity index (χ2v) is 6.03. The van der Waals surface area contributed by atoms with Gasteiger partial charge in [-0.25, -0.2) is 4.79 Å². The van der Waals surface area contributed by atoms with Crippen LogP contribution in [0.3, 0.4) is 0 Å². The average Bonchev–Trinajstić information content (AvgIpc) is 2.65. The number of hydrogen-bond acceptors (Lipinski definition) is 5. The summed E-state index contributed by atoms with van der Waals surface area (Å²) < 4.78 is 5.05. The van der Waals surface area contributed by atoms with Gasteiger partial charge in [0.1, 0.15) is 6.61 Å². The highest BCUT2D eigenvalue weighted by Crippen LogP contribution is 2.27. The second kappa shape index (κ2) is 9.73. The summed E-state index contributed by atoms with van der Waals surface area (Å²) in [7, 11) is 0. The number of carbonyl (C=O) groups excluding carboxylic acids is 1. The number of benzene rings is 2. The molecular weight excluding hydrogens is 350 g/mol. The number of anilines is 1. The Hall–Kier alpha value is -2.66. The largest absolute Gasteiger partial charge is 0.461 e. The van der Waals surface area contributed by atoms with Crippen molar-refractivity contribution in [1.29, 1.82) is 0 Å². The summed E-state index contributed by atoms with van der Waals surface area (Å²) in [4.78, 5) is 13.3. The Labute approximate surface area is 159 Å². The maximum absolute atomic E-state index is 11.1. The highest BCUT2D eigenvalue weighted by Gasteiger charge is 2.07. The molecule has 0 unspecified atom stereocenters. The van der Waals surface area contributed by atoms with Crippen molar-refractivity contribution in [3.05, 3.63) is 65.7 Å². The van der Waals surface area contributed by atoms with Crippen molar-refractivity contribution >= 4 is 34.6 Å². The molecule has 0 saturated heterocycles. The molecule has 2 aromatic carbocycles. The van der Waals surface area contributed by atoms with Crippen molar-refractivity contribution < 1.29 is 9.53 Å². The van der Waals surface area contributed by atoms with Gasteiger partial charge in [0.05, 0.1) is 17.9 Å². The molecule has 6 heteroatoms. The molecule has 0 fully saturated rings. The minimum atomic E-state index is -0.407. The van der Waals surface area contributed by atoms with E-state index in [-0.39, 0.29) is 0 Å². The topological polar surface area (TPSA) is 54.3 Å². The first kappa shape index (κ1) is 19.7. The van der Waals surface area contributed by atoms with Gasteiger partial charge in [0.25, 0.3) is 0 Å². The lowest BCUT2D eigenvalue weighted by Crippen LogP contribution is -2.27. The Balaban J connectivity index is 2.05. The van der Waals surface area contributed by atoms with E-state index >= 15 is 0 Å². The van der Waals surface area contributed by atoms with Crippen LogP contribution in [0, 0.1) is 6.92 Å². The van der Waals surface area contributed by atoms with Crippen LogP contribution < -0.4 is 4.90 Å². The van der Waals surface area contributed by atoms with Crippen LogP contribution in [-0.2, 0) is 9.53 Å². The highest BCUT2D eigenvalue weighted by molar-refractivity contribution is 6.30. The van der Waals surface area contributed by atoms with Gasteiger partial charge in [-0.15, -0.1) is 0 Å². The number of ether oxygens (including phenoxy) is 1. The zero-order valence-corrected chi connectivity index (χ0v) is 15.7. The molecule has 5 nitrogen and oxygen atoms in total. The van der Waals surface area contributed by atoms with Gasteiger partial charge in [0.2, 0.25) is 0 Å². The fourth-order valence-electron chi connectivity index (χ4n) is 2.35. The predicted octanol–water partition coefficient (Wildman–Crippen LogP) is 5.62. The van der Waals surface area contributed by atoms with E-state index in [9.17, 15) is 4.79 Å². The molecule has 0 aromatic heterocycles. The van der Waals surface area contributed by atoms with E-state index in [1.54, 1.807) is 12.1 Å². The molecule has 0 atom stereocenters. The fourth-order valence-corrected chi connectivity index (χ4v) is 2.48. The molecule has 0 amide bonds. The molecule has 26 heavy (non-hydrogen) atoms. The van der Waals surface area contributed by atoms with Crippen LogP contribution >= 0.6 is 11.6 Å². The fraction of sp³-hybridized carbons (Fsp3) is 0.250. The molecule has 136 valence electrons. The summed E-state index contributed by atoms with van der Waals surface area (Å²) in [5.41, 5.74) is 3.61. The number of likely N-dealkylation sites (N-methyl/N-ethyl adjacent to an activating group) is 1. The van der Waals surface area contributed by atoms with Gasteiger partial charge in [-0.1, -0.05) is 18.2 Å². The summed E-state index contributed by atoms with van der Waals surface area (Å²) in [6.45, 7) is 9.16. The first-order valence-corrected chi connectivity index (χ1v) is 8.73. The van der Waals surface area contributed by atoms with Crippen LogP contribution in [0.5, 0.6) is 0 Å². The standard InChI is InChI=1S/C20H22ClN3O2/c1-4-20(25)26-13-12-24(5-2)18-10-11-19(15(3)14-18)23-22-17-8-6-16(21)7-9-17/h4,6-11,14H,1,5,12-13H2,2-3H3. The van der Waals surface area contributed by atoms with Gasteiger partial charge in [0, 0.05) is 23.3 Å². The predicted molar refractivity (Wildman–Crippen MR) is 106 cm³/mol. The number of aryl methyl sites for hydroxylation is 1. The molecule has 0 spiro atoms. The SMILES string of the molecule is C=CC(=O)OCCN(CC)c1ccc(N=Nc2ccc(Cl)cc2)c(C)c1. The molecule has 0 bridgehead atoms. The third kappa shape index (κ3) is 5.70. The van der Waals surface area contributed by atoms with E-state index in [0.29, 0.717) is 18.2 Å². The number of esters is 1. The maximum Gasteiger partial charge on any atom is 0.330 e. The second-order valence-electron chi connectivity index (χ2n) is 5.60. The molecule has 0 radical (unpaired) electrons.